The number of Topliss-reactive ketones (excluding diaryl/α,β-unsaturated/α-hetero) is 1. The molecule has 3 rings (SSSR count). The number of ether oxygens (including phenoxy) is 1. The number of thiazole rings is 1. The maximum Gasteiger partial charge on any atom is 0.262 e. The molecule has 28 heavy (non-hydrogen) atoms. The van der Waals surface area contributed by atoms with Crippen molar-refractivity contribution in [3.05, 3.63) is 64.2 Å². The molecule has 144 valence electrons. The molecule has 2 aromatic carbocycles. The van der Waals surface area contributed by atoms with E-state index >= 15 is 0 Å². The molecule has 5 nitrogen and oxygen atoms in total. The van der Waals surface area contributed by atoms with Crippen molar-refractivity contribution < 1.29 is 14.3 Å². The molecule has 1 heterocycles. The number of aryl methyl sites for hydroxylation is 3. The normalized spacial score (nSPS) is 10.6. The molecule has 0 aliphatic carbocycles. The molecule has 0 saturated carbocycles. The molecule has 0 atom stereocenters. The van der Waals surface area contributed by atoms with Crippen LogP contribution in [0.2, 0.25) is 0 Å². The number of ketones is 1. The number of nitrogens with one attached hydrogen (secondary N) is 1. The molecule has 0 saturated heterocycles. The van der Waals surface area contributed by atoms with Crippen LogP contribution < -0.4 is 10.1 Å². The summed E-state index contributed by atoms with van der Waals surface area (Å²) in [7, 11) is 0. The van der Waals surface area contributed by atoms with Gasteiger partial charge in [0.2, 0.25) is 0 Å². The Labute approximate surface area is 168 Å². The first kappa shape index (κ1) is 19.8. The molecular formula is C22H22N2O3S. The van der Waals surface area contributed by atoms with E-state index in [0.29, 0.717) is 10.6 Å². The summed E-state index contributed by atoms with van der Waals surface area (Å²) in [6.45, 7) is 7.24. The topological polar surface area (TPSA) is 68.3 Å². The highest BCUT2D eigenvalue weighted by atomic mass is 32.1. The number of carbonyl (C=O) groups excluding carboxylic acids is 2. The van der Waals surface area contributed by atoms with Gasteiger partial charge in [-0.25, -0.2) is 4.98 Å². The molecule has 1 N–H and O–H groups in total. The summed E-state index contributed by atoms with van der Waals surface area (Å²) in [5.41, 5.74) is 4.54. The van der Waals surface area contributed by atoms with Crippen molar-refractivity contribution in [2.24, 2.45) is 0 Å². The number of hydrogen-bond acceptors (Lipinski definition) is 5. The molecule has 0 aliphatic heterocycles. The van der Waals surface area contributed by atoms with Gasteiger partial charge in [-0.3, -0.25) is 9.59 Å². The molecule has 0 fully saturated rings. The fourth-order valence-corrected chi connectivity index (χ4v) is 3.71. The fourth-order valence-electron chi connectivity index (χ4n) is 2.75. The Bertz CT molecular complexity index is 1020. The Morgan fingerprint density at radius 3 is 2.43 bits per heavy atom. The third-order valence-electron chi connectivity index (χ3n) is 4.25. The van der Waals surface area contributed by atoms with E-state index in [-0.39, 0.29) is 18.3 Å². The number of aromatic nitrogens is 1. The van der Waals surface area contributed by atoms with E-state index in [9.17, 15) is 9.59 Å². The molecule has 1 aromatic heterocycles. The quantitative estimate of drug-likeness (QED) is 0.600. The van der Waals surface area contributed by atoms with Gasteiger partial charge in [0.25, 0.3) is 5.91 Å². The summed E-state index contributed by atoms with van der Waals surface area (Å²) in [5, 5.41) is 3.67. The van der Waals surface area contributed by atoms with Gasteiger partial charge in [-0.1, -0.05) is 12.1 Å². The smallest absolute Gasteiger partial charge is 0.262 e. The minimum Gasteiger partial charge on any atom is -0.484 e. The summed E-state index contributed by atoms with van der Waals surface area (Å²) in [4.78, 5) is 28.9. The van der Waals surface area contributed by atoms with Crippen LogP contribution in [0.3, 0.4) is 0 Å². The maximum atomic E-state index is 12.2. The van der Waals surface area contributed by atoms with Gasteiger partial charge >= 0.3 is 0 Å². The Hall–Kier alpha value is -2.99. The van der Waals surface area contributed by atoms with Crippen LogP contribution in [0.25, 0.3) is 10.6 Å². The van der Waals surface area contributed by atoms with Crippen LogP contribution >= 0.6 is 11.3 Å². The number of nitrogens with zero attached hydrogens (tertiary/aromatic N) is 1. The van der Waals surface area contributed by atoms with Crippen molar-refractivity contribution in [2.45, 2.75) is 27.7 Å². The number of benzene rings is 2. The van der Waals surface area contributed by atoms with Gasteiger partial charge in [0.15, 0.2) is 12.4 Å². The van der Waals surface area contributed by atoms with Crippen molar-refractivity contribution in [2.75, 3.05) is 11.9 Å². The third kappa shape index (κ3) is 4.64. The Kier molecular flexibility index (Phi) is 5.90. The van der Waals surface area contributed by atoms with E-state index in [1.165, 1.54) is 11.3 Å². The summed E-state index contributed by atoms with van der Waals surface area (Å²) >= 11 is 1.38. The molecular weight excluding hydrogens is 372 g/mol. The predicted octanol–water partition coefficient (Wildman–Crippen LogP) is 4.96. The number of carbonyl (C=O) groups is 2. The molecule has 0 radical (unpaired) electrons. The number of hydrogen-bond donors (Lipinski definition) is 1. The standard InChI is InChI=1S/C22H22N2O3S/c1-13-5-6-14(2)19(11-13)24-20(26)12-27-18-9-7-17(8-10-18)22-23-15(3)21(28-22)16(4)25/h5-11H,12H2,1-4H3,(H,24,26). The van der Waals surface area contributed by atoms with Gasteiger partial charge in [0.05, 0.1) is 10.6 Å². The lowest BCUT2D eigenvalue weighted by atomic mass is 10.1. The maximum absolute atomic E-state index is 12.2. The second kappa shape index (κ2) is 8.35. The zero-order valence-electron chi connectivity index (χ0n) is 16.3. The van der Waals surface area contributed by atoms with Gasteiger partial charge in [0, 0.05) is 18.2 Å². The largest absolute Gasteiger partial charge is 0.484 e. The fraction of sp³-hybridized carbons (Fsp3) is 0.227. The first-order chi connectivity index (χ1) is 13.3. The van der Waals surface area contributed by atoms with Crippen molar-refractivity contribution in [3.8, 4) is 16.3 Å². The molecule has 0 aliphatic rings. The minimum absolute atomic E-state index is 0.0241. The van der Waals surface area contributed by atoms with Gasteiger partial charge in [0.1, 0.15) is 10.8 Å². The molecule has 0 spiro atoms. The zero-order chi connectivity index (χ0) is 20.3. The van der Waals surface area contributed by atoms with E-state index < -0.39 is 0 Å². The second-order valence-electron chi connectivity index (χ2n) is 6.67. The van der Waals surface area contributed by atoms with Crippen LogP contribution in [-0.4, -0.2) is 23.3 Å². The van der Waals surface area contributed by atoms with E-state index in [0.717, 1.165) is 33.1 Å². The van der Waals surface area contributed by atoms with Crippen LogP contribution in [0.1, 0.15) is 33.4 Å². The highest BCUT2D eigenvalue weighted by molar-refractivity contribution is 7.17. The van der Waals surface area contributed by atoms with Crippen molar-refractivity contribution >= 4 is 28.7 Å². The SMILES string of the molecule is CC(=O)c1sc(-c2ccc(OCC(=O)Nc3cc(C)ccc3C)cc2)nc1C. The van der Waals surface area contributed by atoms with Crippen LogP contribution in [0.5, 0.6) is 5.75 Å². The van der Waals surface area contributed by atoms with Crippen LogP contribution in [0, 0.1) is 20.8 Å². The van der Waals surface area contributed by atoms with Gasteiger partial charge in [-0.15, -0.1) is 11.3 Å². The van der Waals surface area contributed by atoms with E-state index in [4.69, 9.17) is 4.74 Å². The van der Waals surface area contributed by atoms with Crippen LogP contribution in [0.15, 0.2) is 42.5 Å². The summed E-state index contributed by atoms with van der Waals surface area (Å²) in [5.74, 6) is 0.412. The monoisotopic (exact) mass is 394 g/mol. The van der Waals surface area contributed by atoms with Gasteiger partial charge in [-0.2, -0.15) is 0 Å². The minimum atomic E-state index is -0.209. The Balaban J connectivity index is 1.61. The number of amides is 1. The van der Waals surface area contributed by atoms with Crippen LogP contribution in [0.4, 0.5) is 5.69 Å². The second-order valence-corrected chi connectivity index (χ2v) is 7.67. The van der Waals surface area contributed by atoms with E-state index in [1.807, 2.05) is 51.1 Å². The lowest BCUT2D eigenvalue weighted by Crippen LogP contribution is -2.20. The van der Waals surface area contributed by atoms with Crippen molar-refractivity contribution in [1.29, 1.82) is 0 Å². The lowest BCUT2D eigenvalue weighted by molar-refractivity contribution is -0.118. The van der Waals surface area contributed by atoms with Gasteiger partial charge < -0.3 is 10.1 Å². The number of rotatable bonds is 6. The lowest BCUT2D eigenvalue weighted by Gasteiger charge is -2.10. The number of anilines is 1. The average molecular weight is 394 g/mol. The summed E-state index contributed by atoms with van der Waals surface area (Å²) < 4.78 is 5.58. The third-order valence-corrected chi connectivity index (χ3v) is 5.56. The molecule has 1 amide bonds. The molecule has 3 aromatic rings. The Morgan fingerprint density at radius 1 is 1.07 bits per heavy atom. The zero-order valence-corrected chi connectivity index (χ0v) is 17.1. The highest BCUT2D eigenvalue weighted by Gasteiger charge is 2.13. The first-order valence-electron chi connectivity index (χ1n) is 8.92. The van der Waals surface area contributed by atoms with Crippen molar-refractivity contribution in [1.82, 2.24) is 4.98 Å². The van der Waals surface area contributed by atoms with Crippen molar-refractivity contribution in [3.63, 3.8) is 0 Å². The highest BCUT2D eigenvalue weighted by Crippen LogP contribution is 2.29. The summed E-state index contributed by atoms with van der Waals surface area (Å²) in [6.07, 6.45) is 0. The predicted molar refractivity (Wildman–Crippen MR) is 112 cm³/mol. The Morgan fingerprint density at radius 2 is 1.79 bits per heavy atom. The van der Waals surface area contributed by atoms with E-state index in [2.05, 4.69) is 10.3 Å². The van der Waals surface area contributed by atoms with Gasteiger partial charge in [-0.05, 0) is 62.2 Å². The molecule has 6 heteroatoms. The first-order valence-corrected chi connectivity index (χ1v) is 9.74. The molecule has 0 unspecified atom stereocenters. The molecule has 0 bridgehead atoms. The van der Waals surface area contributed by atoms with E-state index in [1.54, 1.807) is 19.1 Å². The average Bonchev–Trinajstić information content (AvgIpc) is 3.05. The summed E-state index contributed by atoms with van der Waals surface area (Å²) in [6, 6.07) is 13.3. The van der Waals surface area contributed by atoms with Crippen LogP contribution in [-0.2, 0) is 4.79 Å².